The number of amides is 1. The van der Waals surface area contributed by atoms with Crippen LogP contribution in [0.25, 0.3) is 0 Å². The monoisotopic (exact) mass is 480 g/mol. The van der Waals surface area contributed by atoms with E-state index in [9.17, 15) is 4.79 Å². The summed E-state index contributed by atoms with van der Waals surface area (Å²) in [6.07, 6.45) is 0.454. The lowest BCUT2D eigenvalue weighted by Gasteiger charge is -2.24. The van der Waals surface area contributed by atoms with Crippen molar-refractivity contribution in [2.75, 3.05) is 28.4 Å². The van der Waals surface area contributed by atoms with Gasteiger partial charge in [0.25, 0.3) is 5.91 Å². The standard InChI is InChI=1S/C26H25ClN2O5/c1-31-22-13-12-16(14-24(22)33-3)20-15-21(18-9-7-11-23(32-2)25(18)34-4)29(28-20)26(30)17-8-5-6-10-19(17)27/h5-14,21H,15H2,1-4H3/t21-/m0/s1. The first kappa shape index (κ1) is 23.4. The number of methoxy groups -OCH3 is 4. The van der Waals surface area contributed by atoms with Gasteiger partial charge < -0.3 is 18.9 Å². The highest BCUT2D eigenvalue weighted by atomic mass is 35.5. The van der Waals surface area contributed by atoms with Crippen LogP contribution in [-0.4, -0.2) is 45.1 Å². The van der Waals surface area contributed by atoms with Gasteiger partial charge in [0.05, 0.1) is 50.8 Å². The lowest BCUT2D eigenvalue weighted by molar-refractivity contribution is 0.0709. The fraction of sp³-hybridized carbons (Fsp3) is 0.231. The Morgan fingerprint density at radius 2 is 1.62 bits per heavy atom. The predicted octanol–water partition coefficient (Wildman–Crippen LogP) is 5.37. The highest BCUT2D eigenvalue weighted by Crippen LogP contribution is 2.43. The molecule has 1 aliphatic heterocycles. The van der Waals surface area contributed by atoms with Crippen molar-refractivity contribution in [2.45, 2.75) is 12.5 Å². The number of hydrogen-bond donors (Lipinski definition) is 0. The summed E-state index contributed by atoms with van der Waals surface area (Å²) in [5, 5.41) is 6.57. The van der Waals surface area contributed by atoms with E-state index in [0.29, 0.717) is 40.0 Å². The van der Waals surface area contributed by atoms with E-state index in [1.165, 1.54) is 5.01 Å². The van der Waals surface area contributed by atoms with Crippen LogP contribution in [0.3, 0.4) is 0 Å². The fourth-order valence-corrected chi connectivity index (χ4v) is 4.28. The Kier molecular flexibility index (Phi) is 6.93. The number of hydrazone groups is 1. The lowest BCUT2D eigenvalue weighted by atomic mass is 9.96. The normalized spacial score (nSPS) is 15.0. The molecule has 0 spiro atoms. The Morgan fingerprint density at radius 1 is 0.882 bits per heavy atom. The van der Waals surface area contributed by atoms with Gasteiger partial charge in [-0.25, -0.2) is 5.01 Å². The minimum absolute atomic E-state index is 0.309. The first-order valence-electron chi connectivity index (χ1n) is 10.6. The second-order valence-corrected chi connectivity index (χ2v) is 7.96. The number of para-hydroxylation sites is 1. The molecule has 34 heavy (non-hydrogen) atoms. The number of carbonyl (C=O) groups excluding carboxylic acids is 1. The topological polar surface area (TPSA) is 69.6 Å². The highest BCUT2D eigenvalue weighted by Gasteiger charge is 2.36. The van der Waals surface area contributed by atoms with Crippen molar-refractivity contribution in [3.8, 4) is 23.0 Å². The molecular formula is C26H25ClN2O5. The molecule has 1 atom stereocenters. The average molecular weight is 481 g/mol. The van der Waals surface area contributed by atoms with Crippen LogP contribution in [0.2, 0.25) is 5.02 Å². The largest absolute Gasteiger partial charge is 0.493 e. The molecule has 7 nitrogen and oxygen atoms in total. The number of carbonyl (C=O) groups is 1. The Morgan fingerprint density at radius 3 is 2.29 bits per heavy atom. The third-order valence-corrected chi connectivity index (χ3v) is 6.06. The fourth-order valence-electron chi connectivity index (χ4n) is 4.06. The maximum absolute atomic E-state index is 13.6. The summed E-state index contributed by atoms with van der Waals surface area (Å²) in [6.45, 7) is 0. The molecular weight excluding hydrogens is 456 g/mol. The van der Waals surface area contributed by atoms with E-state index >= 15 is 0 Å². The van der Waals surface area contributed by atoms with E-state index in [0.717, 1.165) is 16.8 Å². The van der Waals surface area contributed by atoms with Crippen molar-refractivity contribution in [3.63, 3.8) is 0 Å². The van der Waals surface area contributed by atoms with Crippen molar-refractivity contribution >= 4 is 23.2 Å². The molecule has 4 rings (SSSR count). The third kappa shape index (κ3) is 4.26. The molecule has 3 aromatic carbocycles. The molecule has 0 aromatic heterocycles. The Hall–Kier alpha value is -3.71. The summed E-state index contributed by atoms with van der Waals surface area (Å²) < 4.78 is 22.0. The summed E-state index contributed by atoms with van der Waals surface area (Å²) in [7, 11) is 6.32. The molecule has 0 saturated heterocycles. The van der Waals surface area contributed by atoms with E-state index in [1.807, 2.05) is 36.4 Å². The van der Waals surface area contributed by atoms with Gasteiger partial charge in [-0.3, -0.25) is 4.79 Å². The number of halogens is 1. The van der Waals surface area contributed by atoms with Crippen LogP contribution in [0.1, 0.15) is 33.9 Å². The van der Waals surface area contributed by atoms with E-state index < -0.39 is 6.04 Å². The van der Waals surface area contributed by atoms with Gasteiger partial charge >= 0.3 is 0 Å². The Balaban J connectivity index is 1.82. The molecule has 8 heteroatoms. The second-order valence-electron chi connectivity index (χ2n) is 7.55. The molecule has 0 fully saturated rings. The van der Waals surface area contributed by atoms with Crippen LogP contribution >= 0.6 is 11.6 Å². The molecule has 0 N–H and O–H groups in total. The third-order valence-electron chi connectivity index (χ3n) is 5.73. The molecule has 0 unspecified atom stereocenters. The molecule has 3 aromatic rings. The average Bonchev–Trinajstić information content (AvgIpc) is 3.32. The van der Waals surface area contributed by atoms with Gasteiger partial charge in [-0.2, -0.15) is 5.10 Å². The Bertz CT molecular complexity index is 1240. The Labute approximate surface area is 203 Å². The summed E-state index contributed by atoms with van der Waals surface area (Å²) in [5.41, 5.74) is 2.69. The number of hydrogen-bond acceptors (Lipinski definition) is 6. The van der Waals surface area contributed by atoms with Crippen molar-refractivity contribution in [1.29, 1.82) is 0 Å². The molecule has 0 aliphatic carbocycles. The smallest absolute Gasteiger partial charge is 0.276 e. The molecule has 0 saturated carbocycles. The SMILES string of the molecule is COc1ccc(C2=NN(C(=O)c3ccccc3Cl)[C@H](c3cccc(OC)c3OC)C2)cc1OC. The summed E-state index contributed by atoms with van der Waals surface area (Å²) in [5.74, 6) is 2.00. The first-order chi connectivity index (χ1) is 16.5. The van der Waals surface area contributed by atoms with E-state index in [1.54, 1.807) is 52.7 Å². The zero-order valence-electron chi connectivity index (χ0n) is 19.4. The van der Waals surface area contributed by atoms with Gasteiger partial charge in [0.1, 0.15) is 0 Å². The molecule has 0 radical (unpaired) electrons. The summed E-state index contributed by atoms with van der Waals surface area (Å²) >= 11 is 6.35. The van der Waals surface area contributed by atoms with Crippen molar-refractivity contribution < 1.29 is 23.7 Å². The zero-order chi connectivity index (χ0) is 24.2. The van der Waals surface area contributed by atoms with Crippen LogP contribution in [-0.2, 0) is 0 Å². The molecule has 0 bridgehead atoms. The van der Waals surface area contributed by atoms with Crippen LogP contribution in [0.4, 0.5) is 0 Å². The number of ether oxygens (including phenoxy) is 4. The maximum Gasteiger partial charge on any atom is 0.276 e. The molecule has 1 aliphatic rings. The van der Waals surface area contributed by atoms with Crippen LogP contribution in [0, 0.1) is 0 Å². The maximum atomic E-state index is 13.6. The van der Waals surface area contributed by atoms with Gasteiger partial charge in [-0.05, 0) is 36.4 Å². The number of rotatable bonds is 7. The molecule has 1 amide bonds. The quantitative estimate of drug-likeness (QED) is 0.455. The first-order valence-corrected chi connectivity index (χ1v) is 11.0. The van der Waals surface area contributed by atoms with Gasteiger partial charge in [0, 0.05) is 17.5 Å². The zero-order valence-corrected chi connectivity index (χ0v) is 20.1. The van der Waals surface area contributed by atoms with Gasteiger partial charge in [-0.1, -0.05) is 35.9 Å². The minimum Gasteiger partial charge on any atom is -0.493 e. The van der Waals surface area contributed by atoms with Crippen LogP contribution in [0.15, 0.2) is 65.8 Å². The summed E-state index contributed by atoms with van der Waals surface area (Å²) in [6, 6.07) is 17.6. The van der Waals surface area contributed by atoms with Gasteiger partial charge in [0.2, 0.25) is 0 Å². The van der Waals surface area contributed by atoms with Gasteiger partial charge in [0.15, 0.2) is 23.0 Å². The molecule has 1 heterocycles. The summed E-state index contributed by atoms with van der Waals surface area (Å²) in [4.78, 5) is 13.6. The van der Waals surface area contributed by atoms with Crippen LogP contribution < -0.4 is 18.9 Å². The van der Waals surface area contributed by atoms with Crippen molar-refractivity contribution in [3.05, 3.63) is 82.4 Å². The van der Waals surface area contributed by atoms with E-state index in [2.05, 4.69) is 0 Å². The molecule has 176 valence electrons. The highest BCUT2D eigenvalue weighted by molar-refractivity contribution is 6.33. The lowest BCUT2D eigenvalue weighted by Crippen LogP contribution is -2.27. The van der Waals surface area contributed by atoms with E-state index in [4.69, 9.17) is 35.6 Å². The van der Waals surface area contributed by atoms with Crippen molar-refractivity contribution in [2.24, 2.45) is 5.10 Å². The van der Waals surface area contributed by atoms with Crippen molar-refractivity contribution in [1.82, 2.24) is 5.01 Å². The number of benzene rings is 3. The van der Waals surface area contributed by atoms with Crippen LogP contribution in [0.5, 0.6) is 23.0 Å². The minimum atomic E-state index is -0.433. The van der Waals surface area contributed by atoms with Gasteiger partial charge in [-0.15, -0.1) is 0 Å². The van der Waals surface area contributed by atoms with E-state index in [-0.39, 0.29) is 5.91 Å². The second kappa shape index (κ2) is 10.1. The predicted molar refractivity (Wildman–Crippen MR) is 131 cm³/mol. The number of nitrogens with zero attached hydrogens (tertiary/aromatic N) is 2.